The molecule has 156 valence electrons. The van der Waals surface area contributed by atoms with Gasteiger partial charge in [-0.2, -0.15) is 0 Å². The molecule has 2 N–H and O–H groups in total. The van der Waals surface area contributed by atoms with Gasteiger partial charge in [0.1, 0.15) is 5.82 Å². The third-order valence-electron chi connectivity index (χ3n) is 5.59. The summed E-state index contributed by atoms with van der Waals surface area (Å²) in [5, 5.41) is 3.60. The van der Waals surface area contributed by atoms with Gasteiger partial charge in [0.2, 0.25) is 5.91 Å². The topological polar surface area (TPSA) is 81.3 Å². The molecule has 0 radical (unpaired) electrons. The summed E-state index contributed by atoms with van der Waals surface area (Å²) >= 11 is 0. The van der Waals surface area contributed by atoms with Gasteiger partial charge < -0.3 is 20.1 Å². The van der Waals surface area contributed by atoms with Gasteiger partial charge in [0.15, 0.2) is 0 Å². The van der Waals surface area contributed by atoms with Crippen LogP contribution >= 0.6 is 0 Å². The zero-order valence-corrected chi connectivity index (χ0v) is 17.2. The first-order chi connectivity index (χ1) is 14.6. The summed E-state index contributed by atoms with van der Waals surface area (Å²) in [5.41, 5.74) is 2.35. The highest BCUT2D eigenvalue weighted by Crippen LogP contribution is 2.26. The number of aromatic amines is 1. The zero-order chi connectivity index (χ0) is 20.9. The number of nitrogens with zero attached hydrogens (tertiary/aromatic N) is 3. The van der Waals surface area contributed by atoms with E-state index < -0.39 is 0 Å². The molecule has 2 aromatic carbocycles. The third-order valence-corrected chi connectivity index (χ3v) is 5.59. The summed E-state index contributed by atoms with van der Waals surface area (Å²) in [7, 11) is 0. The summed E-state index contributed by atoms with van der Waals surface area (Å²) in [6, 6.07) is 15.1. The van der Waals surface area contributed by atoms with Crippen molar-refractivity contribution in [3.05, 3.63) is 64.7 Å². The minimum atomic E-state index is -0.174. The monoisotopic (exact) mass is 405 g/mol. The molecule has 1 saturated heterocycles. The first-order valence-electron chi connectivity index (χ1n) is 10.5. The van der Waals surface area contributed by atoms with Crippen LogP contribution in [0.25, 0.3) is 10.9 Å². The number of hydrogen-bond donors (Lipinski definition) is 2. The maximum atomic E-state index is 12.6. The number of likely N-dealkylation sites (N-methyl/N-ethyl adjacent to an activating group) is 1. The Hall–Kier alpha value is -3.19. The maximum absolute atomic E-state index is 12.6. The van der Waals surface area contributed by atoms with E-state index in [2.05, 4.69) is 38.1 Å². The molecule has 0 bridgehead atoms. The number of hydrogen-bond acceptors (Lipinski definition) is 5. The number of carbonyl (C=O) groups excluding carboxylic acids is 1. The minimum absolute atomic E-state index is 0.0922. The van der Waals surface area contributed by atoms with Gasteiger partial charge in [-0.1, -0.05) is 31.2 Å². The van der Waals surface area contributed by atoms with E-state index in [9.17, 15) is 9.59 Å². The largest absolute Gasteiger partial charge is 0.367 e. The molecule has 30 heavy (non-hydrogen) atoms. The Morgan fingerprint density at radius 2 is 1.80 bits per heavy atom. The second-order valence-corrected chi connectivity index (χ2v) is 7.52. The average molecular weight is 406 g/mol. The van der Waals surface area contributed by atoms with Crippen LogP contribution in [0, 0.1) is 0 Å². The van der Waals surface area contributed by atoms with E-state index in [1.807, 2.05) is 36.4 Å². The molecule has 1 amide bonds. The molecular formula is C23H27N5O2. The van der Waals surface area contributed by atoms with Crippen molar-refractivity contribution in [2.24, 2.45) is 0 Å². The van der Waals surface area contributed by atoms with Crippen molar-refractivity contribution in [1.29, 1.82) is 0 Å². The number of piperazine rings is 1. The lowest BCUT2D eigenvalue weighted by molar-refractivity contribution is -0.116. The van der Waals surface area contributed by atoms with Gasteiger partial charge in [0.05, 0.1) is 22.3 Å². The number of para-hydroxylation sites is 3. The fourth-order valence-electron chi connectivity index (χ4n) is 3.86. The van der Waals surface area contributed by atoms with Crippen molar-refractivity contribution in [3.8, 4) is 0 Å². The van der Waals surface area contributed by atoms with E-state index in [4.69, 9.17) is 0 Å². The summed E-state index contributed by atoms with van der Waals surface area (Å²) in [5.74, 6) is 0.434. The number of aromatic nitrogens is 2. The Bertz CT molecular complexity index is 1090. The smallest absolute Gasteiger partial charge is 0.258 e. The Kier molecular flexibility index (Phi) is 6.09. The zero-order valence-electron chi connectivity index (χ0n) is 17.2. The van der Waals surface area contributed by atoms with Gasteiger partial charge in [-0.25, -0.2) is 4.98 Å². The molecule has 1 aromatic heterocycles. The summed E-state index contributed by atoms with van der Waals surface area (Å²) < 4.78 is 0. The molecule has 0 unspecified atom stereocenters. The van der Waals surface area contributed by atoms with Crippen LogP contribution in [0.1, 0.15) is 19.2 Å². The number of H-pyrrole nitrogens is 1. The van der Waals surface area contributed by atoms with Crippen LogP contribution in [0.2, 0.25) is 0 Å². The second kappa shape index (κ2) is 9.09. The number of anilines is 2. The fraction of sp³-hybridized carbons (Fsp3) is 0.348. The second-order valence-electron chi connectivity index (χ2n) is 7.52. The highest BCUT2D eigenvalue weighted by Gasteiger charge is 2.18. The number of aryl methyl sites for hydroxylation is 1. The van der Waals surface area contributed by atoms with Crippen molar-refractivity contribution in [1.82, 2.24) is 14.9 Å². The van der Waals surface area contributed by atoms with E-state index in [0.717, 1.165) is 44.1 Å². The molecule has 3 aromatic rings. The first kappa shape index (κ1) is 20.1. The quantitative estimate of drug-likeness (QED) is 0.659. The van der Waals surface area contributed by atoms with Crippen molar-refractivity contribution in [2.75, 3.05) is 42.9 Å². The summed E-state index contributed by atoms with van der Waals surface area (Å²) in [6.07, 6.45) is 0.627. The van der Waals surface area contributed by atoms with Crippen LogP contribution in [0.15, 0.2) is 53.3 Å². The van der Waals surface area contributed by atoms with Crippen molar-refractivity contribution in [3.63, 3.8) is 0 Å². The predicted molar refractivity (Wildman–Crippen MR) is 120 cm³/mol. The van der Waals surface area contributed by atoms with E-state index in [0.29, 0.717) is 23.1 Å². The lowest BCUT2D eigenvalue weighted by Gasteiger charge is -2.36. The molecular weight excluding hydrogens is 378 g/mol. The maximum Gasteiger partial charge on any atom is 0.258 e. The molecule has 4 rings (SSSR count). The molecule has 0 aliphatic carbocycles. The van der Waals surface area contributed by atoms with Crippen molar-refractivity contribution in [2.45, 2.75) is 19.8 Å². The number of amides is 1. The Balaban J connectivity index is 1.41. The van der Waals surface area contributed by atoms with Gasteiger partial charge >= 0.3 is 0 Å². The Morgan fingerprint density at radius 3 is 2.60 bits per heavy atom. The lowest BCUT2D eigenvalue weighted by Crippen LogP contribution is -2.46. The van der Waals surface area contributed by atoms with Crippen LogP contribution in [0.4, 0.5) is 11.4 Å². The van der Waals surface area contributed by atoms with Crippen molar-refractivity contribution >= 4 is 28.2 Å². The van der Waals surface area contributed by atoms with Gasteiger partial charge in [-0.3, -0.25) is 9.59 Å². The number of rotatable bonds is 6. The summed E-state index contributed by atoms with van der Waals surface area (Å²) in [6.45, 7) is 7.20. The highest BCUT2D eigenvalue weighted by molar-refractivity contribution is 5.94. The van der Waals surface area contributed by atoms with E-state index in [-0.39, 0.29) is 17.9 Å². The van der Waals surface area contributed by atoms with Crippen molar-refractivity contribution < 1.29 is 4.79 Å². The predicted octanol–water partition coefficient (Wildman–Crippen LogP) is 2.64. The van der Waals surface area contributed by atoms with E-state index in [1.54, 1.807) is 6.07 Å². The summed E-state index contributed by atoms with van der Waals surface area (Å²) in [4.78, 5) is 36.8. The molecule has 0 spiro atoms. The van der Waals surface area contributed by atoms with Crippen LogP contribution in [-0.2, 0) is 11.2 Å². The molecule has 7 heteroatoms. The average Bonchev–Trinajstić information content (AvgIpc) is 2.78. The highest BCUT2D eigenvalue weighted by atomic mass is 16.1. The normalized spacial score (nSPS) is 14.8. The van der Waals surface area contributed by atoms with Crippen LogP contribution < -0.4 is 15.8 Å². The number of benzene rings is 2. The Labute approximate surface area is 175 Å². The molecule has 0 saturated carbocycles. The molecule has 2 heterocycles. The van der Waals surface area contributed by atoms with Gasteiger partial charge in [0.25, 0.3) is 5.56 Å². The van der Waals surface area contributed by atoms with E-state index in [1.165, 1.54) is 0 Å². The molecule has 1 aliphatic heterocycles. The number of nitrogens with one attached hydrogen (secondary N) is 2. The first-order valence-corrected chi connectivity index (χ1v) is 10.5. The number of carbonyl (C=O) groups is 1. The standard InChI is InChI=1S/C23H27N5O2/c1-2-27-13-15-28(16-14-27)20-10-6-5-9-19(20)25-22(29)12-11-21-24-18-8-4-3-7-17(18)23(30)26-21/h3-10H,2,11-16H2,1H3,(H,25,29)(H,24,26,30). The molecule has 1 fully saturated rings. The number of fused-ring (bicyclic) bond motifs is 1. The van der Waals surface area contributed by atoms with E-state index >= 15 is 0 Å². The minimum Gasteiger partial charge on any atom is -0.367 e. The van der Waals surface area contributed by atoms with Crippen LogP contribution in [0.5, 0.6) is 0 Å². The SMILES string of the molecule is CCN1CCN(c2ccccc2NC(=O)CCc2nc3ccccc3c(=O)[nH]2)CC1. The molecule has 1 aliphatic rings. The van der Waals surface area contributed by atoms with Gasteiger partial charge in [-0.15, -0.1) is 0 Å². The van der Waals surface area contributed by atoms with Gasteiger partial charge in [-0.05, 0) is 30.8 Å². The molecule has 7 nitrogen and oxygen atoms in total. The fourth-order valence-corrected chi connectivity index (χ4v) is 3.86. The lowest BCUT2D eigenvalue weighted by atomic mass is 10.2. The van der Waals surface area contributed by atoms with Crippen LogP contribution in [0.3, 0.4) is 0 Å². The Morgan fingerprint density at radius 1 is 1.07 bits per heavy atom. The third kappa shape index (κ3) is 4.52. The van der Waals surface area contributed by atoms with Gasteiger partial charge in [0, 0.05) is 39.0 Å². The molecule has 0 atom stereocenters. The van der Waals surface area contributed by atoms with Crippen LogP contribution in [-0.4, -0.2) is 53.5 Å².